The third-order valence-corrected chi connectivity index (χ3v) is 2.92. The molecule has 1 rings (SSSR count). The minimum Gasteiger partial charge on any atom is -0.465 e. The predicted octanol–water partition coefficient (Wildman–Crippen LogP) is 0.0667. The molecule has 1 unspecified atom stereocenters. The molecular weight excluding hydrogens is 236 g/mol. The van der Waals surface area contributed by atoms with Crippen LogP contribution >= 0.6 is 0 Å². The van der Waals surface area contributed by atoms with Crippen LogP contribution in [0.1, 0.15) is 33.6 Å². The Morgan fingerprint density at radius 2 is 1.89 bits per heavy atom. The molecule has 1 N–H and O–H groups in total. The van der Waals surface area contributed by atoms with Crippen molar-refractivity contribution in [3.63, 3.8) is 0 Å². The molecule has 1 fully saturated rings. The normalized spacial score (nSPS) is 18.9. The highest BCUT2D eigenvalue weighted by Gasteiger charge is 2.41. The number of likely N-dealkylation sites (N-methyl/N-ethyl adjacent to an activating group) is 1. The number of hydrogen-bond acceptors (Lipinski definition) is 5. The van der Waals surface area contributed by atoms with Gasteiger partial charge in [-0.2, -0.15) is 0 Å². The quantitative estimate of drug-likeness (QED) is 0.537. The van der Waals surface area contributed by atoms with Crippen LogP contribution in [0.3, 0.4) is 0 Å². The first-order valence-electron chi connectivity index (χ1n) is 6.20. The summed E-state index contributed by atoms with van der Waals surface area (Å²) < 4.78 is 4.99. The second-order valence-corrected chi connectivity index (χ2v) is 4.46. The lowest BCUT2D eigenvalue weighted by atomic mass is 10.0. The number of nitrogens with zero attached hydrogens (tertiary/aromatic N) is 1. The van der Waals surface area contributed by atoms with Crippen molar-refractivity contribution in [1.29, 1.82) is 0 Å². The Bertz CT molecular complexity index is 340. The molecule has 1 heterocycles. The molecule has 0 aromatic rings. The van der Waals surface area contributed by atoms with Crippen molar-refractivity contribution in [2.75, 3.05) is 19.7 Å². The number of rotatable bonds is 6. The van der Waals surface area contributed by atoms with E-state index in [1.807, 2.05) is 6.92 Å². The number of nitrogens with one attached hydrogen (secondary N) is 1. The van der Waals surface area contributed by atoms with E-state index in [-0.39, 0.29) is 37.8 Å². The van der Waals surface area contributed by atoms with Gasteiger partial charge >= 0.3 is 5.97 Å². The van der Waals surface area contributed by atoms with E-state index in [9.17, 15) is 14.4 Å². The molecule has 0 saturated carbocycles. The van der Waals surface area contributed by atoms with Crippen molar-refractivity contribution in [2.24, 2.45) is 0 Å². The van der Waals surface area contributed by atoms with Crippen LogP contribution in [0.4, 0.5) is 0 Å². The van der Waals surface area contributed by atoms with Gasteiger partial charge in [0, 0.05) is 12.8 Å². The third kappa shape index (κ3) is 3.07. The van der Waals surface area contributed by atoms with E-state index < -0.39 is 11.5 Å². The average molecular weight is 256 g/mol. The van der Waals surface area contributed by atoms with Gasteiger partial charge in [-0.3, -0.25) is 14.5 Å². The highest BCUT2D eigenvalue weighted by atomic mass is 16.5. The smallest absolute Gasteiger partial charge is 0.327 e. The monoisotopic (exact) mass is 256 g/mol. The highest BCUT2D eigenvalue weighted by Crippen LogP contribution is 2.17. The average Bonchev–Trinajstić information content (AvgIpc) is 2.61. The SMILES string of the molecule is CCNC(C)(CN1C(=O)CCC1=O)C(=O)OCC. The summed E-state index contributed by atoms with van der Waals surface area (Å²) in [7, 11) is 0. The van der Waals surface area contributed by atoms with Gasteiger partial charge in [-0.1, -0.05) is 6.92 Å². The summed E-state index contributed by atoms with van der Waals surface area (Å²) in [4.78, 5) is 36.2. The molecule has 0 aliphatic carbocycles. The fourth-order valence-electron chi connectivity index (χ4n) is 1.99. The van der Waals surface area contributed by atoms with Crippen LogP contribution in [0.2, 0.25) is 0 Å². The second-order valence-electron chi connectivity index (χ2n) is 4.46. The Kier molecular flexibility index (Phi) is 4.84. The summed E-state index contributed by atoms with van der Waals surface area (Å²) in [5.74, 6) is -0.902. The lowest BCUT2D eigenvalue weighted by Crippen LogP contribution is -2.58. The van der Waals surface area contributed by atoms with Gasteiger partial charge in [0.25, 0.3) is 0 Å². The minimum absolute atomic E-state index is 0.0251. The second kappa shape index (κ2) is 5.95. The highest BCUT2D eigenvalue weighted by molar-refractivity contribution is 6.02. The molecule has 2 amide bonds. The molecule has 1 aliphatic rings. The molecule has 0 aromatic carbocycles. The van der Waals surface area contributed by atoms with Gasteiger partial charge in [0.15, 0.2) is 0 Å². The third-order valence-electron chi connectivity index (χ3n) is 2.92. The molecule has 102 valence electrons. The number of ether oxygens (including phenoxy) is 1. The number of esters is 1. The molecular formula is C12H20N2O4. The van der Waals surface area contributed by atoms with Crippen molar-refractivity contribution in [3.8, 4) is 0 Å². The molecule has 1 aliphatic heterocycles. The fraction of sp³-hybridized carbons (Fsp3) is 0.750. The Morgan fingerprint density at radius 1 is 1.33 bits per heavy atom. The Balaban J connectivity index is 2.81. The lowest BCUT2D eigenvalue weighted by molar-refractivity contribution is -0.153. The first-order valence-corrected chi connectivity index (χ1v) is 6.20. The van der Waals surface area contributed by atoms with Crippen LogP contribution < -0.4 is 5.32 Å². The fourth-order valence-corrected chi connectivity index (χ4v) is 1.99. The molecule has 0 spiro atoms. The van der Waals surface area contributed by atoms with Crippen molar-refractivity contribution < 1.29 is 19.1 Å². The van der Waals surface area contributed by atoms with E-state index in [1.54, 1.807) is 13.8 Å². The summed E-state index contributed by atoms with van der Waals surface area (Å²) in [6.45, 7) is 6.06. The van der Waals surface area contributed by atoms with Gasteiger partial charge in [0.05, 0.1) is 13.2 Å². The van der Waals surface area contributed by atoms with Gasteiger partial charge in [-0.25, -0.2) is 4.79 Å². The van der Waals surface area contributed by atoms with Gasteiger partial charge in [0.2, 0.25) is 11.8 Å². The molecule has 0 bridgehead atoms. The van der Waals surface area contributed by atoms with Crippen LogP contribution in [0.15, 0.2) is 0 Å². The maximum atomic E-state index is 11.9. The van der Waals surface area contributed by atoms with Gasteiger partial charge in [-0.15, -0.1) is 0 Å². The standard InChI is InChI=1S/C12H20N2O4/c1-4-13-12(3,11(17)18-5-2)8-14-9(15)6-7-10(14)16/h13H,4-8H2,1-3H3. The molecule has 18 heavy (non-hydrogen) atoms. The number of carbonyl (C=O) groups is 3. The van der Waals surface area contributed by atoms with Crippen LogP contribution in [-0.4, -0.2) is 47.9 Å². The first-order chi connectivity index (χ1) is 8.44. The van der Waals surface area contributed by atoms with Crippen LogP contribution in [0, 0.1) is 0 Å². The number of carbonyl (C=O) groups excluding carboxylic acids is 3. The summed E-state index contributed by atoms with van der Waals surface area (Å²) in [5.41, 5.74) is -1.04. The Labute approximate surface area is 107 Å². The minimum atomic E-state index is -1.04. The molecule has 0 radical (unpaired) electrons. The van der Waals surface area contributed by atoms with Crippen molar-refractivity contribution in [2.45, 2.75) is 39.2 Å². The van der Waals surface area contributed by atoms with E-state index in [0.717, 1.165) is 4.90 Å². The molecule has 1 atom stereocenters. The van der Waals surface area contributed by atoms with Gasteiger partial charge < -0.3 is 10.1 Å². The molecule has 6 nitrogen and oxygen atoms in total. The lowest BCUT2D eigenvalue weighted by Gasteiger charge is -2.31. The van der Waals surface area contributed by atoms with Crippen LogP contribution in [-0.2, 0) is 19.1 Å². The number of imide groups is 1. The summed E-state index contributed by atoms with van der Waals surface area (Å²) >= 11 is 0. The zero-order valence-electron chi connectivity index (χ0n) is 11.1. The van der Waals surface area contributed by atoms with Crippen molar-refractivity contribution in [1.82, 2.24) is 10.2 Å². The van der Waals surface area contributed by atoms with Crippen LogP contribution in [0.5, 0.6) is 0 Å². The van der Waals surface area contributed by atoms with E-state index >= 15 is 0 Å². The molecule has 1 saturated heterocycles. The van der Waals surface area contributed by atoms with E-state index in [1.165, 1.54) is 0 Å². The topological polar surface area (TPSA) is 75.7 Å². The van der Waals surface area contributed by atoms with Crippen molar-refractivity contribution >= 4 is 17.8 Å². The Hall–Kier alpha value is -1.43. The Morgan fingerprint density at radius 3 is 2.33 bits per heavy atom. The summed E-state index contributed by atoms with van der Waals surface area (Å²) in [6, 6.07) is 0. The van der Waals surface area contributed by atoms with Gasteiger partial charge in [-0.05, 0) is 20.4 Å². The first kappa shape index (κ1) is 14.6. The van der Waals surface area contributed by atoms with Crippen LogP contribution in [0.25, 0.3) is 0 Å². The van der Waals surface area contributed by atoms with E-state index in [0.29, 0.717) is 6.54 Å². The molecule has 6 heteroatoms. The maximum absolute atomic E-state index is 11.9. The zero-order valence-corrected chi connectivity index (χ0v) is 11.1. The largest absolute Gasteiger partial charge is 0.465 e. The van der Waals surface area contributed by atoms with Gasteiger partial charge in [0.1, 0.15) is 5.54 Å². The van der Waals surface area contributed by atoms with E-state index in [4.69, 9.17) is 4.74 Å². The number of amides is 2. The number of hydrogen-bond donors (Lipinski definition) is 1. The van der Waals surface area contributed by atoms with E-state index in [2.05, 4.69) is 5.32 Å². The van der Waals surface area contributed by atoms with Crippen molar-refractivity contribution in [3.05, 3.63) is 0 Å². The molecule has 0 aromatic heterocycles. The summed E-state index contributed by atoms with van der Waals surface area (Å²) in [5, 5.41) is 2.99. The predicted molar refractivity (Wildman–Crippen MR) is 64.7 cm³/mol. The maximum Gasteiger partial charge on any atom is 0.327 e. The summed E-state index contributed by atoms with van der Waals surface area (Å²) in [6.07, 6.45) is 0.452. The number of likely N-dealkylation sites (tertiary alicyclic amines) is 1. The zero-order chi connectivity index (χ0) is 13.8.